The number of aryl methyl sites for hydroxylation is 1. The predicted molar refractivity (Wildman–Crippen MR) is 71.0 cm³/mol. The molecule has 94 valence electrons. The number of fused-ring (bicyclic) bond motifs is 1. The summed E-state index contributed by atoms with van der Waals surface area (Å²) >= 11 is 0. The molecule has 0 spiro atoms. The summed E-state index contributed by atoms with van der Waals surface area (Å²) in [4.78, 5) is 13.8. The molecule has 2 rings (SSSR count). The van der Waals surface area contributed by atoms with E-state index in [4.69, 9.17) is 11.0 Å². The third-order valence-corrected chi connectivity index (χ3v) is 3.22. The summed E-state index contributed by atoms with van der Waals surface area (Å²) in [6, 6.07) is 7.83. The number of benzene rings is 1. The van der Waals surface area contributed by atoms with Crippen molar-refractivity contribution in [3.8, 4) is 6.07 Å². The van der Waals surface area contributed by atoms with Gasteiger partial charge in [-0.3, -0.25) is 4.79 Å². The number of rotatable bonds is 4. The molecule has 0 atom stereocenters. The molecule has 0 saturated heterocycles. The van der Waals surface area contributed by atoms with E-state index in [2.05, 4.69) is 6.07 Å². The third kappa shape index (κ3) is 2.62. The lowest BCUT2D eigenvalue weighted by molar-refractivity contribution is -0.118. The summed E-state index contributed by atoms with van der Waals surface area (Å²) in [6.45, 7) is 0.692. The lowest BCUT2D eigenvalue weighted by Gasteiger charge is -2.29. The van der Waals surface area contributed by atoms with Crippen molar-refractivity contribution in [3.63, 3.8) is 0 Å². The zero-order chi connectivity index (χ0) is 13.0. The number of carbonyl (C=O) groups is 1. The standard InChI is InChI=1S/C14H17N3O/c15-8-2-1-3-9-17-13-6-5-12(16)10-11(13)4-7-14(17)18/h5-6,10H,1-4,7,9,16H2. The number of carbonyl (C=O) groups excluding carboxylic acids is 1. The number of hydrogen-bond acceptors (Lipinski definition) is 3. The molecule has 0 unspecified atom stereocenters. The molecule has 1 aliphatic heterocycles. The summed E-state index contributed by atoms with van der Waals surface area (Å²) < 4.78 is 0. The molecule has 0 fully saturated rings. The number of amides is 1. The van der Waals surface area contributed by atoms with E-state index in [1.165, 1.54) is 0 Å². The highest BCUT2D eigenvalue weighted by Gasteiger charge is 2.23. The van der Waals surface area contributed by atoms with E-state index < -0.39 is 0 Å². The Bertz CT molecular complexity index is 490. The molecule has 0 aliphatic carbocycles. The maximum atomic E-state index is 11.9. The SMILES string of the molecule is N#CCCCCN1C(=O)CCc2cc(N)ccc21. The van der Waals surface area contributed by atoms with E-state index in [0.29, 0.717) is 19.4 Å². The largest absolute Gasteiger partial charge is 0.399 e. The summed E-state index contributed by atoms with van der Waals surface area (Å²) in [5.41, 5.74) is 8.64. The van der Waals surface area contributed by atoms with Crippen LogP contribution in [0.25, 0.3) is 0 Å². The number of unbranched alkanes of at least 4 members (excludes halogenated alkanes) is 2. The molecule has 1 heterocycles. The van der Waals surface area contributed by atoms with Gasteiger partial charge in [-0.15, -0.1) is 0 Å². The van der Waals surface area contributed by atoms with Gasteiger partial charge in [0.1, 0.15) is 0 Å². The first-order valence-corrected chi connectivity index (χ1v) is 6.28. The van der Waals surface area contributed by atoms with Crippen LogP contribution in [-0.4, -0.2) is 12.5 Å². The Kier molecular flexibility index (Phi) is 3.83. The van der Waals surface area contributed by atoms with Gasteiger partial charge in [0, 0.05) is 30.8 Å². The molecule has 0 aromatic heterocycles. The van der Waals surface area contributed by atoms with E-state index in [1.807, 2.05) is 23.1 Å². The van der Waals surface area contributed by atoms with Gasteiger partial charge in [-0.2, -0.15) is 5.26 Å². The highest BCUT2D eigenvalue weighted by molar-refractivity contribution is 5.96. The van der Waals surface area contributed by atoms with Crippen molar-refractivity contribution in [2.75, 3.05) is 17.2 Å². The van der Waals surface area contributed by atoms with Crippen LogP contribution < -0.4 is 10.6 Å². The zero-order valence-corrected chi connectivity index (χ0v) is 10.4. The molecule has 18 heavy (non-hydrogen) atoms. The van der Waals surface area contributed by atoms with E-state index >= 15 is 0 Å². The maximum absolute atomic E-state index is 11.9. The first kappa shape index (κ1) is 12.4. The smallest absolute Gasteiger partial charge is 0.227 e. The van der Waals surface area contributed by atoms with E-state index in [0.717, 1.165) is 36.2 Å². The van der Waals surface area contributed by atoms with Gasteiger partial charge in [-0.25, -0.2) is 0 Å². The van der Waals surface area contributed by atoms with Gasteiger partial charge in [-0.05, 0) is 43.0 Å². The summed E-state index contributed by atoms with van der Waals surface area (Å²) in [5, 5.41) is 8.50. The quantitative estimate of drug-likeness (QED) is 0.651. The van der Waals surface area contributed by atoms with Gasteiger partial charge in [-0.1, -0.05) is 0 Å². The fraction of sp³-hybridized carbons (Fsp3) is 0.429. The Balaban J connectivity index is 2.10. The fourth-order valence-corrected chi connectivity index (χ4v) is 2.30. The number of nitrogens with two attached hydrogens (primary N) is 1. The number of nitrogens with zero attached hydrogens (tertiary/aromatic N) is 2. The Morgan fingerprint density at radius 3 is 2.94 bits per heavy atom. The summed E-state index contributed by atoms with van der Waals surface area (Å²) in [5.74, 6) is 0.171. The Hall–Kier alpha value is -2.02. The molecule has 2 N–H and O–H groups in total. The minimum atomic E-state index is 0.171. The molecule has 0 bridgehead atoms. The molecule has 4 heteroatoms. The second kappa shape index (κ2) is 5.54. The van der Waals surface area contributed by atoms with Crippen molar-refractivity contribution in [2.45, 2.75) is 32.1 Å². The van der Waals surface area contributed by atoms with E-state index in [9.17, 15) is 4.79 Å². The number of nitriles is 1. The lowest BCUT2D eigenvalue weighted by atomic mass is 10.00. The second-order valence-corrected chi connectivity index (χ2v) is 4.55. The Labute approximate surface area is 107 Å². The van der Waals surface area contributed by atoms with Crippen LogP contribution in [0.1, 0.15) is 31.2 Å². The molecular weight excluding hydrogens is 226 g/mol. The van der Waals surface area contributed by atoms with Gasteiger partial charge in [0.25, 0.3) is 0 Å². The van der Waals surface area contributed by atoms with Gasteiger partial charge < -0.3 is 10.6 Å². The zero-order valence-electron chi connectivity index (χ0n) is 10.4. The first-order valence-electron chi connectivity index (χ1n) is 6.28. The van der Waals surface area contributed by atoms with Crippen LogP contribution in [0.5, 0.6) is 0 Å². The van der Waals surface area contributed by atoms with Crippen LogP contribution in [0.15, 0.2) is 18.2 Å². The van der Waals surface area contributed by atoms with Crippen LogP contribution >= 0.6 is 0 Å². The normalized spacial score (nSPS) is 14.2. The average molecular weight is 243 g/mol. The molecular formula is C14H17N3O. The van der Waals surface area contributed by atoms with Crippen molar-refractivity contribution in [3.05, 3.63) is 23.8 Å². The van der Waals surface area contributed by atoms with Crippen molar-refractivity contribution in [1.29, 1.82) is 5.26 Å². The van der Waals surface area contributed by atoms with Gasteiger partial charge in [0.15, 0.2) is 0 Å². The average Bonchev–Trinajstić information content (AvgIpc) is 2.37. The summed E-state index contributed by atoms with van der Waals surface area (Å²) in [6.07, 6.45) is 3.58. The van der Waals surface area contributed by atoms with Crippen LogP contribution in [0.4, 0.5) is 11.4 Å². The molecule has 1 amide bonds. The van der Waals surface area contributed by atoms with Gasteiger partial charge >= 0.3 is 0 Å². The minimum absolute atomic E-state index is 0.171. The van der Waals surface area contributed by atoms with Gasteiger partial charge in [0.2, 0.25) is 5.91 Å². The van der Waals surface area contributed by atoms with Crippen LogP contribution in [0, 0.1) is 11.3 Å². The molecule has 4 nitrogen and oxygen atoms in total. The Morgan fingerprint density at radius 2 is 2.17 bits per heavy atom. The number of hydrogen-bond donors (Lipinski definition) is 1. The molecule has 0 saturated carbocycles. The molecule has 1 aliphatic rings. The summed E-state index contributed by atoms with van der Waals surface area (Å²) in [7, 11) is 0. The van der Waals surface area contributed by atoms with E-state index in [1.54, 1.807) is 0 Å². The van der Waals surface area contributed by atoms with E-state index in [-0.39, 0.29) is 5.91 Å². The van der Waals surface area contributed by atoms with Crippen molar-refractivity contribution < 1.29 is 4.79 Å². The van der Waals surface area contributed by atoms with Gasteiger partial charge in [0.05, 0.1) is 6.07 Å². The number of anilines is 2. The van der Waals surface area contributed by atoms with Crippen molar-refractivity contribution in [1.82, 2.24) is 0 Å². The van der Waals surface area contributed by atoms with Crippen LogP contribution in [0.3, 0.4) is 0 Å². The van der Waals surface area contributed by atoms with Crippen molar-refractivity contribution in [2.24, 2.45) is 0 Å². The van der Waals surface area contributed by atoms with Crippen LogP contribution in [-0.2, 0) is 11.2 Å². The molecule has 1 aromatic carbocycles. The minimum Gasteiger partial charge on any atom is -0.399 e. The molecule has 0 radical (unpaired) electrons. The third-order valence-electron chi connectivity index (χ3n) is 3.22. The van der Waals surface area contributed by atoms with Crippen molar-refractivity contribution >= 4 is 17.3 Å². The van der Waals surface area contributed by atoms with Crippen LogP contribution in [0.2, 0.25) is 0 Å². The molecule has 1 aromatic rings. The maximum Gasteiger partial charge on any atom is 0.227 e. The number of nitrogen functional groups attached to an aromatic ring is 1. The topological polar surface area (TPSA) is 70.1 Å². The fourth-order valence-electron chi connectivity index (χ4n) is 2.30. The first-order chi connectivity index (χ1) is 8.72. The highest BCUT2D eigenvalue weighted by atomic mass is 16.2. The lowest BCUT2D eigenvalue weighted by Crippen LogP contribution is -2.35. The highest BCUT2D eigenvalue weighted by Crippen LogP contribution is 2.29. The second-order valence-electron chi connectivity index (χ2n) is 4.55. The monoisotopic (exact) mass is 243 g/mol. The predicted octanol–water partition coefficient (Wildman–Crippen LogP) is 2.24. The Morgan fingerprint density at radius 1 is 1.33 bits per heavy atom.